The summed E-state index contributed by atoms with van der Waals surface area (Å²) in [5.74, 6) is -0.254. The third kappa shape index (κ3) is 2.90. The fraction of sp³-hybridized carbons (Fsp3) is 0.300. The lowest BCUT2D eigenvalue weighted by atomic mass is 10.1. The van der Waals surface area contributed by atoms with Crippen molar-refractivity contribution in [1.29, 1.82) is 0 Å². The SMILES string of the molecule is CNCC(=O)c1c(Br)cccc1S(C)(=O)=O. The number of Topliss-reactive ketones (excluding diaryl/α,β-unsaturated/α-hetero) is 1. The van der Waals surface area contributed by atoms with E-state index in [1.54, 1.807) is 19.2 Å². The van der Waals surface area contributed by atoms with Crippen molar-refractivity contribution >= 4 is 31.6 Å². The van der Waals surface area contributed by atoms with Crippen LogP contribution in [0.4, 0.5) is 0 Å². The summed E-state index contributed by atoms with van der Waals surface area (Å²) in [6.07, 6.45) is 1.09. The largest absolute Gasteiger partial charge is 0.313 e. The van der Waals surface area contributed by atoms with Crippen molar-refractivity contribution < 1.29 is 13.2 Å². The van der Waals surface area contributed by atoms with Crippen molar-refractivity contribution in [1.82, 2.24) is 5.32 Å². The molecule has 4 nitrogen and oxygen atoms in total. The van der Waals surface area contributed by atoms with Crippen LogP contribution in [0.5, 0.6) is 0 Å². The Kier molecular flexibility index (Phi) is 4.23. The molecule has 0 bridgehead atoms. The average molecular weight is 306 g/mol. The minimum absolute atomic E-state index is 0.0575. The molecule has 0 aliphatic carbocycles. The predicted octanol–water partition coefficient (Wildman–Crippen LogP) is 1.25. The number of hydrogen-bond donors (Lipinski definition) is 1. The highest BCUT2D eigenvalue weighted by Gasteiger charge is 2.20. The van der Waals surface area contributed by atoms with Gasteiger partial charge in [-0.2, -0.15) is 0 Å². The third-order valence-corrected chi connectivity index (χ3v) is 3.79. The lowest BCUT2D eigenvalue weighted by Crippen LogP contribution is -2.21. The fourth-order valence-electron chi connectivity index (χ4n) is 1.33. The molecule has 16 heavy (non-hydrogen) atoms. The second-order valence-electron chi connectivity index (χ2n) is 3.34. The van der Waals surface area contributed by atoms with Crippen molar-refractivity contribution in [2.24, 2.45) is 0 Å². The molecule has 0 radical (unpaired) electrons. The molecule has 1 aromatic carbocycles. The standard InChI is InChI=1S/C10H12BrNO3S/c1-12-6-8(13)10-7(11)4-3-5-9(10)16(2,14)15/h3-5,12H,6H2,1-2H3. The number of likely N-dealkylation sites (N-methyl/N-ethyl adjacent to an activating group) is 1. The molecule has 88 valence electrons. The number of carbonyl (C=O) groups excluding carboxylic acids is 1. The second-order valence-corrected chi connectivity index (χ2v) is 6.18. The molecule has 1 rings (SSSR count). The van der Waals surface area contributed by atoms with Crippen LogP contribution in [0.3, 0.4) is 0 Å². The van der Waals surface area contributed by atoms with Crippen LogP contribution >= 0.6 is 15.9 Å². The highest BCUT2D eigenvalue weighted by Crippen LogP contribution is 2.24. The quantitative estimate of drug-likeness (QED) is 0.851. The van der Waals surface area contributed by atoms with Crippen molar-refractivity contribution in [2.75, 3.05) is 19.8 Å². The zero-order valence-corrected chi connectivity index (χ0v) is 11.4. The topological polar surface area (TPSA) is 63.2 Å². The summed E-state index contributed by atoms with van der Waals surface area (Å²) in [4.78, 5) is 11.8. The molecule has 0 spiro atoms. The van der Waals surface area contributed by atoms with Gasteiger partial charge in [-0.3, -0.25) is 4.79 Å². The summed E-state index contributed by atoms with van der Waals surface area (Å²) in [6, 6.07) is 4.68. The molecule has 1 N–H and O–H groups in total. The molecule has 0 saturated heterocycles. The Morgan fingerprint density at radius 1 is 1.44 bits per heavy atom. The highest BCUT2D eigenvalue weighted by atomic mass is 79.9. The summed E-state index contributed by atoms with van der Waals surface area (Å²) >= 11 is 3.20. The minimum atomic E-state index is -3.40. The zero-order chi connectivity index (χ0) is 12.3. The minimum Gasteiger partial charge on any atom is -0.313 e. The van der Waals surface area contributed by atoms with Gasteiger partial charge in [0.05, 0.1) is 17.0 Å². The Hall–Kier alpha value is -0.720. The number of carbonyl (C=O) groups is 1. The molecular formula is C10H12BrNO3S. The molecule has 0 saturated carbocycles. The zero-order valence-electron chi connectivity index (χ0n) is 8.95. The van der Waals surface area contributed by atoms with E-state index in [4.69, 9.17) is 0 Å². The summed E-state index contributed by atoms with van der Waals surface area (Å²) in [7, 11) is -1.76. The van der Waals surface area contributed by atoms with Gasteiger partial charge in [-0.25, -0.2) is 8.42 Å². The lowest BCUT2D eigenvalue weighted by Gasteiger charge is -2.08. The van der Waals surface area contributed by atoms with Crippen molar-refractivity contribution in [3.8, 4) is 0 Å². The van der Waals surface area contributed by atoms with Gasteiger partial charge in [0, 0.05) is 10.7 Å². The average Bonchev–Trinajstić information content (AvgIpc) is 2.16. The van der Waals surface area contributed by atoms with Crippen LogP contribution in [0.1, 0.15) is 10.4 Å². The van der Waals surface area contributed by atoms with E-state index >= 15 is 0 Å². The van der Waals surface area contributed by atoms with Crippen molar-refractivity contribution in [3.05, 3.63) is 28.2 Å². The van der Waals surface area contributed by atoms with E-state index in [-0.39, 0.29) is 22.8 Å². The van der Waals surface area contributed by atoms with Crippen LogP contribution in [0.15, 0.2) is 27.6 Å². The molecule has 1 aromatic rings. The number of halogens is 1. The Morgan fingerprint density at radius 2 is 2.06 bits per heavy atom. The Bertz CT molecular complexity index is 511. The number of nitrogens with one attached hydrogen (secondary N) is 1. The van der Waals surface area contributed by atoms with E-state index in [0.717, 1.165) is 6.26 Å². The monoisotopic (exact) mass is 305 g/mol. The Labute approximate surface area is 103 Å². The van der Waals surface area contributed by atoms with Crippen LogP contribution in [-0.2, 0) is 9.84 Å². The maximum absolute atomic E-state index is 11.8. The van der Waals surface area contributed by atoms with Gasteiger partial charge in [-0.15, -0.1) is 0 Å². The van der Waals surface area contributed by atoms with Gasteiger partial charge in [0.15, 0.2) is 15.6 Å². The molecule has 0 aliphatic rings. The first kappa shape index (κ1) is 13.3. The molecule has 0 unspecified atom stereocenters. The van der Waals surface area contributed by atoms with Gasteiger partial charge in [-0.05, 0) is 19.2 Å². The Morgan fingerprint density at radius 3 is 2.56 bits per heavy atom. The molecule has 0 aromatic heterocycles. The molecule has 0 fully saturated rings. The molecular weight excluding hydrogens is 294 g/mol. The van der Waals surface area contributed by atoms with Crippen LogP contribution in [0, 0.1) is 0 Å². The first-order valence-corrected chi connectivity index (χ1v) is 7.22. The van der Waals surface area contributed by atoms with Crippen molar-refractivity contribution in [2.45, 2.75) is 4.90 Å². The van der Waals surface area contributed by atoms with Crippen LogP contribution in [-0.4, -0.2) is 34.0 Å². The van der Waals surface area contributed by atoms with Gasteiger partial charge < -0.3 is 5.32 Å². The first-order valence-electron chi connectivity index (χ1n) is 4.54. The van der Waals surface area contributed by atoms with E-state index in [2.05, 4.69) is 21.2 Å². The van der Waals surface area contributed by atoms with Crippen LogP contribution < -0.4 is 5.32 Å². The normalized spacial score (nSPS) is 11.4. The number of ketones is 1. The third-order valence-electron chi connectivity index (χ3n) is 1.99. The molecule has 0 amide bonds. The summed E-state index contributed by atoms with van der Waals surface area (Å²) in [5.41, 5.74) is 0.208. The van der Waals surface area contributed by atoms with Crippen LogP contribution in [0.25, 0.3) is 0 Å². The van der Waals surface area contributed by atoms with Gasteiger partial charge >= 0.3 is 0 Å². The molecule has 0 aliphatic heterocycles. The number of rotatable bonds is 4. The lowest BCUT2D eigenvalue weighted by molar-refractivity contribution is 0.0989. The first-order chi connectivity index (χ1) is 7.38. The van der Waals surface area contributed by atoms with Gasteiger partial charge in [0.2, 0.25) is 0 Å². The van der Waals surface area contributed by atoms with E-state index in [1.165, 1.54) is 6.07 Å². The molecule has 6 heteroatoms. The predicted molar refractivity (Wildman–Crippen MR) is 65.5 cm³/mol. The van der Waals surface area contributed by atoms with E-state index in [9.17, 15) is 13.2 Å². The van der Waals surface area contributed by atoms with E-state index in [1.807, 2.05) is 0 Å². The number of benzene rings is 1. The Balaban J connectivity index is 3.41. The maximum atomic E-state index is 11.8. The van der Waals surface area contributed by atoms with Gasteiger partial charge in [-0.1, -0.05) is 22.0 Å². The van der Waals surface area contributed by atoms with E-state index in [0.29, 0.717) is 4.47 Å². The molecule has 0 atom stereocenters. The highest BCUT2D eigenvalue weighted by molar-refractivity contribution is 9.10. The summed E-state index contributed by atoms with van der Waals surface area (Å²) < 4.78 is 23.5. The number of hydrogen-bond acceptors (Lipinski definition) is 4. The second kappa shape index (κ2) is 5.07. The van der Waals surface area contributed by atoms with Crippen molar-refractivity contribution in [3.63, 3.8) is 0 Å². The summed E-state index contributed by atoms with van der Waals surface area (Å²) in [6.45, 7) is 0.102. The molecule has 0 heterocycles. The fourth-order valence-corrected chi connectivity index (χ4v) is 2.97. The van der Waals surface area contributed by atoms with Gasteiger partial charge in [0.25, 0.3) is 0 Å². The van der Waals surface area contributed by atoms with Gasteiger partial charge in [0.1, 0.15) is 0 Å². The summed E-state index contributed by atoms with van der Waals surface area (Å²) in [5, 5.41) is 2.71. The maximum Gasteiger partial charge on any atom is 0.179 e. The number of sulfone groups is 1. The van der Waals surface area contributed by atoms with Crippen LogP contribution in [0.2, 0.25) is 0 Å². The smallest absolute Gasteiger partial charge is 0.179 e. The van der Waals surface area contributed by atoms with E-state index < -0.39 is 9.84 Å².